The largest absolute Gasteiger partial charge is 0.643 e. The maximum Gasteiger partial charge on any atom is 0.643 e. The van der Waals surface area contributed by atoms with E-state index in [0.29, 0.717) is 0 Å². The highest BCUT2D eigenvalue weighted by molar-refractivity contribution is 7.06. The van der Waals surface area contributed by atoms with Crippen LogP contribution in [0.25, 0.3) is 0 Å². The molecular weight excluding hydrogens is 709 g/mol. The van der Waals surface area contributed by atoms with E-state index in [4.69, 9.17) is 32.9 Å². The first-order valence-electron chi connectivity index (χ1n) is 15.9. The molecule has 0 atom stereocenters. The number of benzene rings is 4. The molecule has 6 rings (SSSR count). The van der Waals surface area contributed by atoms with Crippen molar-refractivity contribution in [1.82, 2.24) is 0 Å². The van der Waals surface area contributed by atoms with Gasteiger partial charge in [0.15, 0.2) is 0 Å². The van der Waals surface area contributed by atoms with Crippen LogP contribution < -0.4 is 20.7 Å². The Bertz CT molecular complexity index is 1410. The molecule has 0 bridgehead atoms. The van der Waals surface area contributed by atoms with Crippen LogP contribution in [0.4, 0.5) is 0 Å². The molecule has 8 nitrogen and oxygen atoms in total. The summed E-state index contributed by atoms with van der Waals surface area (Å²) in [6.45, 7) is 16.2. The molecule has 0 saturated carbocycles. The monoisotopic (exact) mass is 752 g/mol. The van der Waals surface area contributed by atoms with Crippen LogP contribution in [0, 0.1) is 0 Å². The second-order valence-electron chi connectivity index (χ2n) is 13.6. The van der Waals surface area contributed by atoms with Gasteiger partial charge in [0.1, 0.15) is 0 Å². The van der Waals surface area contributed by atoms with E-state index in [1.807, 2.05) is 125 Å². The normalized spacial score (nSPS) is 23.8. The van der Waals surface area contributed by atoms with Crippen molar-refractivity contribution < 1.29 is 32.9 Å². The van der Waals surface area contributed by atoms with E-state index < -0.39 is 60.4 Å². The fraction of sp³-hybridized carbons (Fsp3) is 0.250. The molecule has 47 heavy (non-hydrogen) atoms. The second kappa shape index (κ2) is 12.8. The predicted octanol–water partition coefficient (Wildman–Crippen LogP) is 4.90. The summed E-state index contributed by atoms with van der Waals surface area (Å²) in [5, 5.41) is 3.98. The Morgan fingerprint density at radius 1 is 0.277 bits per heavy atom. The van der Waals surface area contributed by atoms with Gasteiger partial charge in [-0.05, 0) is 73.1 Å². The van der Waals surface area contributed by atoms with Gasteiger partial charge in [-0.15, -0.1) is 0 Å². The van der Waals surface area contributed by atoms with E-state index in [2.05, 4.69) is 48.5 Å². The van der Waals surface area contributed by atoms with E-state index in [0.717, 1.165) is 20.7 Å². The minimum absolute atomic E-state index is 0.995. The molecule has 248 valence electrons. The third-order valence-electron chi connectivity index (χ3n) is 7.66. The van der Waals surface area contributed by atoms with Gasteiger partial charge in [0.2, 0.25) is 0 Å². The molecule has 2 saturated heterocycles. The van der Waals surface area contributed by atoms with Crippen LogP contribution in [0.15, 0.2) is 121 Å². The van der Waals surface area contributed by atoms with Crippen molar-refractivity contribution in [1.29, 1.82) is 0 Å². The van der Waals surface area contributed by atoms with Gasteiger partial charge in [-0.1, -0.05) is 121 Å². The first-order chi connectivity index (χ1) is 22.1. The van der Waals surface area contributed by atoms with Crippen LogP contribution in [0.3, 0.4) is 0 Å². The van der Waals surface area contributed by atoms with Gasteiger partial charge < -0.3 is 32.9 Å². The minimum atomic E-state index is -4.01. The smallest absolute Gasteiger partial charge is 0.409 e. The standard InChI is InChI=1S/C32H44O8Si7/c1-41(2)33-45(29-21-13-9-14-22-29,30-23-15-10-16-24-30)34-42(3,4)38-47(37-41)39-43(5,6)35-46(36-44(7,8)40-47,31-25-17-11-18-26-31)32-27-19-12-20-28-32/h9-28H,1-8H3. The van der Waals surface area contributed by atoms with E-state index in [-0.39, 0.29) is 0 Å². The van der Waals surface area contributed by atoms with Gasteiger partial charge in [0.25, 0.3) is 0 Å². The molecule has 0 radical (unpaired) electrons. The summed E-state index contributed by atoms with van der Waals surface area (Å²) in [6.07, 6.45) is 0. The summed E-state index contributed by atoms with van der Waals surface area (Å²) in [6, 6.07) is 40.8. The Balaban J connectivity index is 1.46. The predicted molar refractivity (Wildman–Crippen MR) is 200 cm³/mol. The molecule has 0 amide bonds. The van der Waals surface area contributed by atoms with Gasteiger partial charge in [-0.3, -0.25) is 0 Å². The van der Waals surface area contributed by atoms with Crippen molar-refractivity contribution in [2.24, 2.45) is 0 Å². The SMILES string of the molecule is C[Si]1(C)O[Si]2(O[Si](C)(C)O[Si](c3ccccc3)(c3ccccc3)O1)O[Si](C)(C)O[Si](c1ccccc1)(c1ccccc1)O[Si](C)(C)O2. The quantitative estimate of drug-likeness (QED) is 0.273. The van der Waals surface area contributed by atoms with Crippen molar-refractivity contribution in [3.05, 3.63) is 121 Å². The van der Waals surface area contributed by atoms with Gasteiger partial charge in [-0.2, -0.15) is 0 Å². The van der Waals surface area contributed by atoms with Crippen molar-refractivity contribution in [3.8, 4) is 0 Å². The zero-order chi connectivity index (χ0) is 33.6. The summed E-state index contributed by atoms with van der Waals surface area (Å²) >= 11 is 0. The van der Waals surface area contributed by atoms with E-state index >= 15 is 0 Å². The Kier molecular flexibility index (Phi) is 9.48. The van der Waals surface area contributed by atoms with Gasteiger partial charge in [0.05, 0.1) is 0 Å². The van der Waals surface area contributed by atoms with Crippen LogP contribution in [-0.4, -0.2) is 60.4 Å². The molecule has 1 spiro atoms. The fourth-order valence-electron chi connectivity index (χ4n) is 6.27. The highest BCUT2D eigenvalue weighted by Crippen LogP contribution is 2.38. The number of hydrogen-bond acceptors (Lipinski definition) is 8. The third kappa shape index (κ3) is 7.49. The third-order valence-corrected chi connectivity index (χ3v) is 36.4. The van der Waals surface area contributed by atoms with Crippen LogP contribution >= 0.6 is 0 Å². The zero-order valence-corrected chi connectivity index (χ0v) is 35.3. The molecule has 2 fully saturated rings. The summed E-state index contributed by atoms with van der Waals surface area (Å²) in [7, 11) is -23.2. The molecule has 0 unspecified atom stereocenters. The molecule has 0 aromatic heterocycles. The number of rotatable bonds is 4. The average molecular weight is 753 g/mol. The summed E-state index contributed by atoms with van der Waals surface area (Å²) < 4.78 is 57.8. The van der Waals surface area contributed by atoms with E-state index in [1.54, 1.807) is 0 Å². The lowest BCUT2D eigenvalue weighted by Gasteiger charge is -2.53. The molecule has 2 aliphatic rings. The highest BCUT2D eigenvalue weighted by Gasteiger charge is 2.68. The minimum Gasteiger partial charge on any atom is -0.409 e. The lowest BCUT2D eigenvalue weighted by molar-refractivity contribution is 0.0811. The fourth-order valence-corrected chi connectivity index (χ4v) is 40.4. The highest BCUT2D eigenvalue weighted by atomic mass is 28.6. The molecular formula is C32H44O8Si7. The van der Waals surface area contributed by atoms with Crippen molar-refractivity contribution in [2.75, 3.05) is 0 Å². The second-order valence-corrected chi connectivity index (χ2v) is 37.1. The van der Waals surface area contributed by atoms with E-state index in [1.165, 1.54) is 0 Å². The summed E-state index contributed by atoms with van der Waals surface area (Å²) in [5.74, 6) is 0. The van der Waals surface area contributed by atoms with Crippen molar-refractivity contribution >= 4 is 81.2 Å². The molecule has 15 heteroatoms. The first kappa shape index (κ1) is 34.9. The Morgan fingerprint density at radius 2 is 0.468 bits per heavy atom. The van der Waals surface area contributed by atoms with Crippen LogP contribution in [-0.2, 0) is 32.9 Å². The topological polar surface area (TPSA) is 73.8 Å². The van der Waals surface area contributed by atoms with Crippen LogP contribution in [0.2, 0.25) is 52.4 Å². The molecule has 2 aliphatic heterocycles. The van der Waals surface area contributed by atoms with Crippen molar-refractivity contribution in [2.45, 2.75) is 52.4 Å². The van der Waals surface area contributed by atoms with E-state index in [9.17, 15) is 0 Å². The lowest BCUT2D eigenvalue weighted by atomic mass is 10.4. The zero-order valence-electron chi connectivity index (χ0n) is 28.3. The molecule has 2 heterocycles. The maximum absolute atomic E-state index is 7.31. The summed E-state index contributed by atoms with van der Waals surface area (Å²) in [5.41, 5.74) is 0. The molecule has 0 aliphatic carbocycles. The Hall–Kier alpha value is -1.92. The van der Waals surface area contributed by atoms with Gasteiger partial charge in [0, 0.05) is 0 Å². The van der Waals surface area contributed by atoms with Gasteiger partial charge >= 0.3 is 60.4 Å². The molecule has 4 aromatic carbocycles. The number of hydrogen-bond donors (Lipinski definition) is 0. The molecule has 4 aromatic rings. The van der Waals surface area contributed by atoms with Gasteiger partial charge in [-0.25, -0.2) is 0 Å². The lowest BCUT2D eigenvalue weighted by Crippen LogP contribution is -2.80. The summed E-state index contributed by atoms with van der Waals surface area (Å²) in [4.78, 5) is 0. The molecule has 0 N–H and O–H groups in total. The average Bonchev–Trinajstić information content (AvgIpc) is 2.99. The van der Waals surface area contributed by atoms with Crippen LogP contribution in [0.5, 0.6) is 0 Å². The maximum atomic E-state index is 7.31. The Labute approximate surface area is 286 Å². The van der Waals surface area contributed by atoms with Crippen molar-refractivity contribution in [3.63, 3.8) is 0 Å². The Morgan fingerprint density at radius 3 is 0.660 bits per heavy atom. The first-order valence-corrected chi connectivity index (χ1v) is 32.4. The van der Waals surface area contributed by atoms with Crippen LogP contribution in [0.1, 0.15) is 0 Å².